The van der Waals surface area contributed by atoms with Crippen molar-refractivity contribution in [3.63, 3.8) is 0 Å². The van der Waals surface area contributed by atoms with Gasteiger partial charge >= 0.3 is 0 Å². The molecule has 0 aliphatic carbocycles. The number of benzene rings is 3. The van der Waals surface area contributed by atoms with Gasteiger partial charge in [-0.1, -0.05) is 86.6 Å². The molecular formula is C30H39N3O. The van der Waals surface area contributed by atoms with Crippen molar-refractivity contribution in [2.75, 3.05) is 32.7 Å². The number of hydrogen-bond acceptors (Lipinski definition) is 4. The lowest BCUT2D eigenvalue weighted by Gasteiger charge is -2.46. The van der Waals surface area contributed by atoms with Crippen LogP contribution in [-0.4, -0.2) is 53.6 Å². The van der Waals surface area contributed by atoms with Crippen molar-refractivity contribution in [3.05, 3.63) is 102 Å². The molecule has 0 spiro atoms. The van der Waals surface area contributed by atoms with Crippen molar-refractivity contribution in [1.29, 1.82) is 0 Å². The summed E-state index contributed by atoms with van der Waals surface area (Å²) in [6.45, 7) is 13.8. The summed E-state index contributed by atoms with van der Waals surface area (Å²) in [6.07, 6.45) is 0.462. The van der Waals surface area contributed by atoms with Crippen molar-refractivity contribution < 1.29 is 4.74 Å². The second kappa shape index (κ2) is 12.2. The Balaban J connectivity index is 1.42. The Morgan fingerprint density at radius 2 is 1.47 bits per heavy atom. The Labute approximate surface area is 205 Å². The van der Waals surface area contributed by atoms with Gasteiger partial charge in [0.05, 0.1) is 6.17 Å². The molecule has 4 rings (SSSR count). The molecule has 0 saturated carbocycles. The molecule has 0 radical (unpaired) electrons. The van der Waals surface area contributed by atoms with Crippen LogP contribution >= 0.6 is 0 Å². The zero-order valence-electron chi connectivity index (χ0n) is 20.9. The summed E-state index contributed by atoms with van der Waals surface area (Å²) < 4.78 is 5.99. The molecule has 3 aromatic rings. The molecule has 34 heavy (non-hydrogen) atoms. The molecule has 180 valence electrons. The summed E-state index contributed by atoms with van der Waals surface area (Å²) in [4.78, 5) is 7.84. The largest absolute Gasteiger partial charge is 0.489 e. The van der Waals surface area contributed by atoms with Crippen LogP contribution in [0.25, 0.3) is 0 Å². The smallest absolute Gasteiger partial charge is 0.119 e. The fraction of sp³-hybridized carbons (Fsp3) is 0.400. The Morgan fingerprint density at radius 1 is 0.824 bits per heavy atom. The topological polar surface area (TPSA) is 19.0 Å². The van der Waals surface area contributed by atoms with Crippen molar-refractivity contribution in [2.24, 2.45) is 0 Å². The first-order chi connectivity index (χ1) is 16.7. The first-order valence-electron chi connectivity index (χ1n) is 12.7. The lowest BCUT2D eigenvalue weighted by Crippen LogP contribution is -2.55. The molecule has 2 unspecified atom stereocenters. The van der Waals surface area contributed by atoms with Crippen molar-refractivity contribution in [1.82, 2.24) is 14.7 Å². The SMILES string of the molecule is CCN(CC)C(C)N1CCN(Cc2ccc(OCc3ccccc3)cc2)C(c2ccccc2)C1. The zero-order chi connectivity index (χ0) is 23.8. The van der Waals surface area contributed by atoms with Crippen molar-refractivity contribution in [3.8, 4) is 5.75 Å². The van der Waals surface area contributed by atoms with E-state index in [9.17, 15) is 0 Å². The predicted octanol–water partition coefficient (Wildman–Crippen LogP) is 5.81. The van der Waals surface area contributed by atoms with Crippen LogP contribution in [0.15, 0.2) is 84.9 Å². The molecule has 0 bridgehead atoms. The Kier molecular flexibility index (Phi) is 8.75. The minimum Gasteiger partial charge on any atom is -0.489 e. The minimum atomic E-state index is 0.391. The molecule has 1 saturated heterocycles. The molecule has 0 aromatic heterocycles. The lowest BCUT2D eigenvalue weighted by atomic mass is 10.0. The maximum absolute atomic E-state index is 5.99. The Bertz CT molecular complexity index is 973. The van der Waals surface area contributed by atoms with Gasteiger partial charge in [0, 0.05) is 32.2 Å². The molecule has 2 atom stereocenters. The second-order valence-corrected chi connectivity index (χ2v) is 9.16. The molecule has 1 heterocycles. The molecule has 4 nitrogen and oxygen atoms in total. The van der Waals surface area contributed by atoms with Gasteiger partial charge in [-0.15, -0.1) is 0 Å². The summed E-state index contributed by atoms with van der Waals surface area (Å²) in [5.74, 6) is 0.921. The highest BCUT2D eigenvalue weighted by Gasteiger charge is 2.31. The minimum absolute atomic E-state index is 0.391. The Morgan fingerprint density at radius 3 is 2.12 bits per heavy atom. The third-order valence-corrected chi connectivity index (χ3v) is 7.13. The van der Waals surface area contributed by atoms with Crippen LogP contribution in [0.5, 0.6) is 5.75 Å². The number of ether oxygens (including phenoxy) is 1. The van der Waals surface area contributed by atoms with Gasteiger partial charge in [0.15, 0.2) is 0 Å². The third kappa shape index (κ3) is 6.26. The normalized spacial score (nSPS) is 18.2. The van der Waals surface area contributed by atoms with E-state index >= 15 is 0 Å². The molecule has 0 amide bonds. The van der Waals surface area contributed by atoms with Crippen LogP contribution in [0, 0.1) is 0 Å². The van der Waals surface area contributed by atoms with Gasteiger partial charge in [-0.2, -0.15) is 0 Å². The maximum atomic E-state index is 5.99. The third-order valence-electron chi connectivity index (χ3n) is 7.13. The highest BCUT2D eigenvalue weighted by molar-refractivity contribution is 5.28. The first-order valence-corrected chi connectivity index (χ1v) is 12.7. The first kappa shape index (κ1) is 24.5. The second-order valence-electron chi connectivity index (χ2n) is 9.16. The summed E-state index contributed by atoms with van der Waals surface area (Å²) in [6, 6.07) is 30.4. The van der Waals surface area contributed by atoms with E-state index in [1.54, 1.807) is 0 Å². The average Bonchev–Trinajstić information content (AvgIpc) is 2.90. The van der Waals surface area contributed by atoms with Gasteiger partial charge in [-0.25, -0.2) is 0 Å². The molecular weight excluding hydrogens is 418 g/mol. The van der Waals surface area contributed by atoms with E-state index in [0.29, 0.717) is 18.8 Å². The molecule has 4 heteroatoms. The highest BCUT2D eigenvalue weighted by atomic mass is 16.5. The number of hydrogen-bond donors (Lipinski definition) is 0. The summed E-state index contributed by atoms with van der Waals surface area (Å²) in [5.41, 5.74) is 3.93. The van der Waals surface area contributed by atoms with Crippen LogP contribution in [0.4, 0.5) is 0 Å². The highest BCUT2D eigenvalue weighted by Crippen LogP contribution is 2.29. The van der Waals surface area contributed by atoms with Crippen LogP contribution in [0.2, 0.25) is 0 Å². The number of nitrogens with zero attached hydrogens (tertiary/aromatic N) is 3. The average molecular weight is 458 g/mol. The van der Waals surface area contributed by atoms with Gasteiger partial charge in [-0.3, -0.25) is 14.7 Å². The molecule has 1 fully saturated rings. The van der Waals surface area contributed by atoms with E-state index in [1.807, 2.05) is 18.2 Å². The van der Waals surface area contributed by atoms with Gasteiger partial charge in [0.1, 0.15) is 12.4 Å². The summed E-state index contributed by atoms with van der Waals surface area (Å²) in [7, 11) is 0. The summed E-state index contributed by atoms with van der Waals surface area (Å²) in [5, 5.41) is 0. The Hall–Kier alpha value is -2.66. The number of piperazine rings is 1. The quantitative estimate of drug-likeness (QED) is 0.382. The summed E-state index contributed by atoms with van der Waals surface area (Å²) >= 11 is 0. The van der Waals surface area contributed by atoms with E-state index in [2.05, 4.69) is 102 Å². The predicted molar refractivity (Wildman–Crippen MR) is 141 cm³/mol. The monoisotopic (exact) mass is 457 g/mol. The van der Waals surface area contributed by atoms with E-state index in [4.69, 9.17) is 4.74 Å². The van der Waals surface area contributed by atoms with Gasteiger partial charge < -0.3 is 4.74 Å². The van der Waals surface area contributed by atoms with Crippen molar-refractivity contribution >= 4 is 0 Å². The van der Waals surface area contributed by atoms with E-state index < -0.39 is 0 Å². The van der Waals surface area contributed by atoms with Crippen LogP contribution in [-0.2, 0) is 13.2 Å². The molecule has 1 aliphatic rings. The van der Waals surface area contributed by atoms with Gasteiger partial charge in [0.2, 0.25) is 0 Å². The van der Waals surface area contributed by atoms with Gasteiger partial charge in [0.25, 0.3) is 0 Å². The van der Waals surface area contributed by atoms with E-state index in [1.165, 1.54) is 16.7 Å². The van der Waals surface area contributed by atoms with Crippen LogP contribution in [0.3, 0.4) is 0 Å². The zero-order valence-corrected chi connectivity index (χ0v) is 20.9. The molecule has 3 aromatic carbocycles. The van der Waals surface area contributed by atoms with E-state index in [-0.39, 0.29) is 0 Å². The van der Waals surface area contributed by atoms with E-state index in [0.717, 1.165) is 45.0 Å². The maximum Gasteiger partial charge on any atom is 0.119 e. The van der Waals surface area contributed by atoms with Gasteiger partial charge in [-0.05, 0) is 48.8 Å². The number of rotatable bonds is 10. The standard InChI is InChI=1S/C30H39N3O/c1-4-31(5-2)25(3)32-20-21-33(30(23-32)28-14-10-7-11-15-28)22-26-16-18-29(19-17-26)34-24-27-12-8-6-9-13-27/h6-19,25,30H,4-5,20-24H2,1-3H3. The fourth-order valence-electron chi connectivity index (χ4n) is 5.01. The van der Waals surface area contributed by atoms with Crippen molar-refractivity contribution in [2.45, 2.75) is 46.1 Å². The molecule has 1 aliphatic heterocycles. The lowest BCUT2D eigenvalue weighted by molar-refractivity contribution is -0.00858. The van der Waals surface area contributed by atoms with Crippen LogP contribution in [0.1, 0.15) is 43.5 Å². The van der Waals surface area contributed by atoms with Crippen LogP contribution < -0.4 is 4.74 Å². The molecule has 0 N–H and O–H groups in total. The fourth-order valence-corrected chi connectivity index (χ4v) is 5.01.